The molecule has 0 fully saturated rings. The number of carbonyl (C=O) groups is 1. The average molecular weight is 365 g/mol. The van der Waals surface area contributed by atoms with Crippen LogP contribution in [0.1, 0.15) is 16.1 Å². The van der Waals surface area contributed by atoms with Gasteiger partial charge in [0.25, 0.3) is 5.91 Å². The van der Waals surface area contributed by atoms with Crippen LogP contribution in [-0.2, 0) is 6.42 Å². The minimum atomic E-state index is -0.270. The van der Waals surface area contributed by atoms with Crippen molar-refractivity contribution in [1.82, 2.24) is 10.3 Å². The van der Waals surface area contributed by atoms with Crippen molar-refractivity contribution in [1.29, 1.82) is 0 Å². The normalized spacial score (nSPS) is 10.3. The summed E-state index contributed by atoms with van der Waals surface area (Å²) < 4.78 is 18.0. The second-order valence-electron chi connectivity index (χ2n) is 5.92. The smallest absolute Gasteiger partial charge is 0.269 e. The Balaban J connectivity index is 1.56. The molecule has 2 aromatic carbocycles. The molecule has 1 heterocycles. The first-order valence-electron chi connectivity index (χ1n) is 8.54. The van der Waals surface area contributed by atoms with Gasteiger partial charge in [-0.2, -0.15) is 0 Å². The molecule has 2 N–H and O–H groups in total. The summed E-state index contributed by atoms with van der Waals surface area (Å²) in [5.74, 6) is 0.250. The Morgan fingerprint density at radius 3 is 2.48 bits per heavy atom. The van der Waals surface area contributed by atoms with Gasteiger partial charge in [-0.15, -0.1) is 0 Å². The fourth-order valence-electron chi connectivity index (χ4n) is 2.54. The first kappa shape index (κ1) is 18.4. The highest BCUT2D eigenvalue weighted by atomic mass is 19.1. The van der Waals surface area contributed by atoms with Crippen molar-refractivity contribution in [3.8, 4) is 5.75 Å². The predicted molar refractivity (Wildman–Crippen MR) is 103 cm³/mol. The van der Waals surface area contributed by atoms with Crippen molar-refractivity contribution in [2.75, 3.05) is 19.0 Å². The monoisotopic (exact) mass is 365 g/mol. The van der Waals surface area contributed by atoms with Crippen LogP contribution in [0.4, 0.5) is 15.8 Å². The molecular weight excluding hydrogens is 345 g/mol. The molecule has 0 radical (unpaired) electrons. The Bertz CT molecular complexity index is 896. The van der Waals surface area contributed by atoms with Crippen LogP contribution in [-0.4, -0.2) is 24.5 Å². The fourth-order valence-corrected chi connectivity index (χ4v) is 2.54. The zero-order chi connectivity index (χ0) is 19.1. The Kier molecular flexibility index (Phi) is 5.99. The van der Waals surface area contributed by atoms with Crippen molar-refractivity contribution < 1.29 is 13.9 Å². The first-order valence-corrected chi connectivity index (χ1v) is 8.54. The van der Waals surface area contributed by atoms with Crippen LogP contribution in [0.3, 0.4) is 0 Å². The summed E-state index contributed by atoms with van der Waals surface area (Å²) in [6.45, 7) is 0.447. The zero-order valence-electron chi connectivity index (χ0n) is 14.9. The van der Waals surface area contributed by atoms with Crippen LogP contribution in [0, 0.1) is 5.82 Å². The van der Waals surface area contributed by atoms with Crippen LogP contribution in [0.2, 0.25) is 0 Å². The Labute approximate surface area is 157 Å². The van der Waals surface area contributed by atoms with Crippen molar-refractivity contribution in [2.45, 2.75) is 6.42 Å². The number of hydrogen-bond acceptors (Lipinski definition) is 4. The molecule has 138 valence electrons. The lowest BCUT2D eigenvalue weighted by molar-refractivity contribution is 0.0949. The number of carbonyl (C=O) groups excluding carboxylic acids is 1. The average Bonchev–Trinajstić information content (AvgIpc) is 2.70. The van der Waals surface area contributed by atoms with Gasteiger partial charge in [0, 0.05) is 24.1 Å². The maximum absolute atomic E-state index is 12.9. The highest BCUT2D eigenvalue weighted by Crippen LogP contribution is 2.20. The maximum Gasteiger partial charge on any atom is 0.269 e. The topological polar surface area (TPSA) is 63.2 Å². The molecule has 3 aromatic rings. The molecule has 0 spiro atoms. The number of methoxy groups -OCH3 is 1. The Hall–Kier alpha value is -3.41. The lowest BCUT2D eigenvalue weighted by Crippen LogP contribution is -2.26. The molecule has 3 rings (SSSR count). The van der Waals surface area contributed by atoms with Gasteiger partial charge in [-0.25, -0.2) is 4.39 Å². The van der Waals surface area contributed by atoms with Gasteiger partial charge < -0.3 is 15.4 Å². The van der Waals surface area contributed by atoms with E-state index in [1.54, 1.807) is 37.6 Å². The summed E-state index contributed by atoms with van der Waals surface area (Å²) in [5, 5.41) is 6.06. The van der Waals surface area contributed by atoms with E-state index >= 15 is 0 Å². The molecule has 0 aliphatic carbocycles. The number of hydrogen-bond donors (Lipinski definition) is 2. The van der Waals surface area contributed by atoms with Gasteiger partial charge in [-0.1, -0.05) is 12.1 Å². The number of amides is 1. The third-order valence-electron chi connectivity index (χ3n) is 3.98. The van der Waals surface area contributed by atoms with E-state index < -0.39 is 0 Å². The van der Waals surface area contributed by atoms with Crippen LogP contribution < -0.4 is 15.4 Å². The Morgan fingerprint density at radius 2 is 1.78 bits per heavy atom. The van der Waals surface area contributed by atoms with E-state index in [0.29, 0.717) is 18.7 Å². The summed E-state index contributed by atoms with van der Waals surface area (Å²) in [5.41, 5.74) is 2.93. The summed E-state index contributed by atoms with van der Waals surface area (Å²) in [6, 6.07) is 17.2. The van der Waals surface area contributed by atoms with Crippen molar-refractivity contribution in [2.24, 2.45) is 0 Å². The third kappa shape index (κ3) is 5.28. The summed E-state index contributed by atoms with van der Waals surface area (Å²) in [7, 11) is 1.62. The number of anilines is 2. The molecule has 0 aliphatic rings. The molecule has 0 unspecified atom stereocenters. The second-order valence-corrected chi connectivity index (χ2v) is 5.92. The third-order valence-corrected chi connectivity index (χ3v) is 3.98. The number of halogens is 1. The molecular formula is C21H20FN3O2. The summed E-state index contributed by atoms with van der Waals surface area (Å²) in [4.78, 5) is 16.4. The number of aromatic nitrogens is 1. The van der Waals surface area contributed by atoms with Crippen LogP contribution in [0.25, 0.3) is 0 Å². The van der Waals surface area contributed by atoms with Gasteiger partial charge in [-0.05, 0) is 60.5 Å². The fraction of sp³-hybridized carbons (Fsp3) is 0.143. The molecule has 5 nitrogen and oxygen atoms in total. The molecule has 0 saturated carbocycles. The number of rotatable bonds is 7. The van der Waals surface area contributed by atoms with E-state index in [9.17, 15) is 9.18 Å². The van der Waals surface area contributed by atoms with E-state index in [-0.39, 0.29) is 11.7 Å². The lowest BCUT2D eigenvalue weighted by Gasteiger charge is -2.09. The van der Waals surface area contributed by atoms with E-state index in [4.69, 9.17) is 4.74 Å². The number of pyridine rings is 1. The van der Waals surface area contributed by atoms with Gasteiger partial charge in [-0.3, -0.25) is 9.78 Å². The van der Waals surface area contributed by atoms with E-state index in [2.05, 4.69) is 15.6 Å². The quantitative estimate of drug-likeness (QED) is 0.666. The van der Waals surface area contributed by atoms with Gasteiger partial charge in [0.05, 0.1) is 7.11 Å². The van der Waals surface area contributed by atoms with Crippen molar-refractivity contribution >= 4 is 17.3 Å². The van der Waals surface area contributed by atoms with Crippen LogP contribution in [0.5, 0.6) is 5.75 Å². The van der Waals surface area contributed by atoms with Crippen LogP contribution in [0.15, 0.2) is 66.9 Å². The molecule has 6 heteroatoms. The minimum absolute atomic E-state index is 0.254. The van der Waals surface area contributed by atoms with Gasteiger partial charge in [0.1, 0.15) is 17.3 Å². The molecule has 0 aliphatic heterocycles. The van der Waals surface area contributed by atoms with E-state index in [1.165, 1.54) is 12.1 Å². The maximum atomic E-state index is 12.9. The van der Waals surface area contributed by atoms with E-state index in [0.717, 1.165) is 22.7 Å². The first-order chi connectivity index (χ1) is 13.1. The molecule has 1 aromatic heterocycles. The Morgan fingerprint density at radius 1 is 1.04 bits per heavy atom. The molecule has 0 saturated heterocycles. The number of nitrogens with one attached hydrogen (secondary N) is 2. The SMILES string of the molecule is COc1ccc(Nc2ccnc(C(=O)NCCc3ccc(F)cc3)c2)cc1. The predicted octanol–water partition coefficient (Wildman–Crippen LogP) is 3.95. The highest BCUT2D eigenvalue weighted by molar-refractivity contribution is 5.93. The summed E-state index contributed by atoms with van der Waals surface area (Å²) >= 11 is 0. The zero-order valence-corrected chi connectivity index (χ0v) is 14.9. The van der Waals surface area contributed by atoms with Gasteiger partial charge in [0.15, 0.2) is 0 Å². The number of benzene rings is 2. The lowest BCUT2D eigenvalue weighted by atomic mass is 10.1. The molecule has 0 bridgehead atoms. The largest absolute Gasteiger partial charge is 0.497 e. The van der Waals surface area contributed by atoms with E-state index in [1.807, 2.05) is 24.3 Å². The number of nitrogens with zero attached hydrogens (tertiary/aromatic N) is 1. The van der Waals surface area contributed by atoms with Crippen LogP contribution >= 0.6 is 0 Å². The summed E-state index contributed by atoms with van der Waals surface area (Å²) in [6.07, 6.45) is 2.20. The van der Waals surface area contributed by atoms with Gasteiger partial charge in [0.2, 0.25) is 0 Å². The standard InChI is InChI=1S/C21H20FN3O2/c1-27-19-8-6-17(7-9-19)25-18-11-13-23-20(14-18)21(26)24-12-10-15-2-4-16(22)5-3-15/h2-9,11,13-14H,10,12H2,1H3,(H,23,25)(H,24,26). The second kappa shape index (κ2) is 8.80. The molecule has 1 amide bonds. The highest BCUT2D eigenvalue weighted by Gasteiger charge is 2.08. The molecule has 27 heavy (non-hydrogen) atoms. The number of ether oxygens (including phenoxy) is 1. The molecule has 0 atom stereocenters. The van der Waals surface area contributed by atoms with Crippen molar-refractivity contribution in [3.05, 3.63) is 83.9 Å². The van der Waals surface area contributed by atoms with Gasteiger partial charge >= 0.3 is 0 Å². The van der Waals surface area contributed by atoms with Crippen molar-refractivity contribution in [3.63, 3.8) is 0 Å². The minimum Gasteiger partial charge on any atom is -0.497 e.